The molecule has 18 rings (SSSR count). The molecule has 0 spiro atoms. The maximum atomic E-state index is 2.49. The summed E-state index contributed by atoms with van der Waals surface area (Å²) in [7, 11) is 0. The predicted molar refractivity (Wildman–Crippen MR) is 369 cm³/mol. The van der Waals surface area contributed by atoms with Gasteiger partial charge in [-0.3, -0.25) is 0 Å². The van der Waals surface area contributed by atoms with Gasteiger partial charge in [0.2, 0.25) is 0 Å². The van der Waals surface area contributed by atoms with Crippen LogP contribution in [0.25, 0.3) is 178 Å². The molecule has 3 aromatic heterocycles. The number of thiophene rings is 2. The van der Waals surface area contributed by atoms with E-state index in [0.717, 1.165) is 5.69 Å². The van der Waals surface area contributed by atoms with Gasteiger partial charge in [0.1, 0.15) is 0 Å². The van der Waals surface area contributed by atoms with Crippen molar-refractivity contribution in [2.24, 2.45) is 0 Å². The van der Waals surface area contributed by atoms with E-state index in [-0.39, 0.29) is 0 Å². The molecular weight excluding hydrogens is 1060 g/mol. The van der Waals surface area contributed by atoms with Gasteiger partial charge in [0.05, 0.1) is 11.0 Å². The summed E-state index contributed by atoms with van der Waals surface area (Å²) in [6.45, 7) is 0. The van der Waals surface area contributed by atoms with Gasteiger partial charge in [-0.1, -0.05) is 261 Å². The summed E-state index contributed by atoms with van der Waals surface area (Å²) in [4.78, 5) is 0. The Kier molecular flexibility index (Phi) is 10.8. The van der Waals surface area contributed by atoms with Gasteiger partial charge in [0.15, 0.2) is 0 Å². The van der Waals surface area contributed by atoms with E-state index in [9.17, 15) is 0 Å². The minimum atomic E-state index is 1.12. The Hall–Kier alpha value is -10.4. The number of fused-ring (bicyclic) bond motifs is 13. The quantitative estimate of drug-likeness (QED) is 0.140. The van der Waals surface area contributed by atoms with Crippen LogP contribution in [0.3, 0.4) is 0 Å². The molecule has 0 aliphatic rings. The number of hydrogen-bond donors (Lipinski definition) is 0. The zero-order valence-electron chi connectivity index (χ0n) is 46.1. The third-order valence-corrected chi connectivity index (χ3v) is 20.6. The Labute approximate surface area is 498 Å². The number of nitrogens with zero attached hydrogens (tertiary/aromatic N) is 1. The minimum absolute atomic E-state index is 1.12. The van der Waals surface area contributed by atoms with Crippen molar-refractivity contribution in [1.82, 2.24) is 4.57 Å². The molecule has 0 aliphatic heterocycles. The van der Waals surface area contributed by atoms with E-state index in [1.54, 1.807) is 0 Å². The van der Waals surface area contributed by atoms with Crippen LogP contribution in [0.5, 0.6) is 0 Å². The molecule has 0 bridgehead atoms. The van der Waals surface area contributed by atoms with Crippen LogP contribution in [0.4, 0.5) is 0 Å². The molecule has 3 heterocycles. The summed E-state index contributed by atoms with van der Waals surface area (Å²) < 4.78 is 7.74. The van der Waals surface area contributed by atoms with Crippen molar-refractivity contribution >= 4 is 128 Å². The first kappa shape index (κ1) is 48.1. The van der Waals surface area contributed by atoms with Gasteiger partial charge in [-0.15, -0.1) is 22.7 Å². The fourth-order valence-electron chi connectivity index (χ4n) is 14.2. The van der Waals surface area contributed by atoms with Gasteiger partial charge >= 0.3 is 0 Å². The highest BCUT2D eigenvalue weighted by molar-refractivity contribution is 7.27. The third kappa shape index (κ3) is 7.41. The van der Waals surface area contributed by atoms with E-state index in [2.05, 4.69) is 302 Å². The molecule has 394 valence electrons. The number of benzene rings is 15. The lowest BCUT2D eigenvalue weighted by Gasteiger charge is -2.18. The third-order valence-electron chi connectivity index (χ3n) is 18.0. The molecule has 0 atom stereocenters. The Balaban J connectivity index is 0.833. The van der Waals surface area contributed by atoms with E-state index in [0.29, 0.717) is 0 Å². The maximum Gasteiger partial charge on any atom is 0.0541 e. The molecule has 85 heavy (non-hydrogen) atoms. The second kappa shape index (κ2) is 19.1. The highest BCUT2D eigenvalue weighted by Crippen LogP contribution is 2.50. The topological polar surface area (TPSA) is 4.93 Å². The summed E-state index contributed by atoms with van der Waals surface area (Å²) in [5, 5.41) is 17.7. The Morgan fingerprint density at radius 3 is 0.965 bits per heavy atom. The molecule has 0 radical (unpaired) electrons. The van der Waals surface area contributed by atoms with Crippen molar-refractivity contribution in [3.05, 3.63) is 297 Å². The SMILES string of the molecule is c1ccc(-c2c3ccccc3c(-c3ccc(-n4c5ccc(-c6cccc7c6sc6c(-c8cccc9ccccc89)cccc67)cc5c5cc(-c6cccc7c6sc6c(-c8cccc9ccccc89)cccc67)ccc54)cc3)c3ccccc23)cc1. The van der Waals surface area contributed by atoms with Crippen molar-refractivity contribution in [3.63, 3.8) is 0 Å². The molecule has 0 aliphatic carbocycles. The number of hydrogen-bond acceptors (Lipinski definition) is 2. The van der Waals surface area contributed by atoms with Crippen LogP contribution < -0.4 is 0 Å². The Morgan fingerprint density at radius 2 is 0.518 bits per heavy atom. The zero-order chi connectivity index (χ0) is 55.7. The normalized spacial score (nSPS) is 12.0. The standard InChI is InChI=1S/C82H49NS2/c1-2-20-52(21-3-1)77-63-26-8-10-28-65(63)78(66-29-11-9-27-64(66)77)53-40-44-56(45-41-53)83-75-46-42-54(59-30-14-36-69-71-38-16-34-67(81(71)84-79(59)69)61-32-12-22-50-18-4-6-24-57(50)61)48-73(75)74-49-55(43-47-76(74)83)60-31-15-37-70-72-39-17-35-68(82(72)85-80(60)70)62-33-13-23-51-19-5-7-25-58(51)62/h1-49H. The molecular formula is C82H49NS2. The molecule has 0 saturated heterocycles. The molecule has 0 N–H and O–H groups in total. The van der Waals surface area contributed by atoms with Crippen molar-refractivity contribution in [3.8, 4) is 72.4 Å². The first-order valence-corrected chi connectivity index (χ1v) is 30.9. The largest absolute Gasteiger partial charge is 0.309 e. The first-order chi connectivity index (χ1) is 42.2. The van der Waals surface area contributed by atoms with E-state index in [1.165, 1.54) is 172 Å². The second-order valence-corrected chi connectivity index (χ2v) is 24.6. The van der Waals surface area contributed by atoms with Crippen LogP contribution in [-0.4, -0.2) is 4.57 Å². The molecule has 1 nitrogen and oxygen atoms in total. The van der Waals surface area contributed by atoms with Crippen molar-refractivity contribution < 1.29 is 0 Å². The Bertz CT molecular complexity index is 5460. The average molecular weight is 1110 g/mol. The van der Waals surface area contributed by atoms with Gasteiger partial charge in [-0.05, 0) is 135 Å². The lowest BCUT2D eigenvalue weighted by Crippen LogP contribution is -1.95. The highest BCUT2D eigenvalue weighted by atomic mass is 32.1. The highest BCUT2D eigenvalue weighted by Gasteiger charge is 2.22. The lowest BCUT2D eigenvalue weighted by atomic mass is 9.86. The fraction of sp³-hybridized carbons (Fsp3) is 0. The van der Waals surface area contributed by atoms with Gasteiger partial charge in [0.25, 0.3) is 0 Å². The van der Waals surface area contributed by atoms with Gasteiger partial charge in [0, 0.05) is 67.9 Å². The van der Waals surface area contributed by atoms with Crippen LogP contribution in [0, 0.1) is 0 Å². The van der Waals surface area contributed by atoms with Crippen LogP contribution >= 0.6 is 22.7 Å². The van der Waals surface area contributed by atoms with Crippen molar-refractivity contribution in [2.75, 3.05) is 0 Å². The maximum absolute atomic E-state index is 2.49. The number of rotatable bonds is 7. The smallest absolute Gasteiger partial charge is 0.0541 e. The van der Waals surface area contributed by atoms with E-state index < -0.39 is 0 Å². The molecule has 18 aromatic rings. The second-order valence-electron chi connectivity index (χ2n) is 22.5. The molecule has 0 saturated carbocycles. The fourth-order valence-corrected chi connectivity index (χ4v) is 16.9. The zero-order valence-corrected chi connectivity index (χ0v) is 47.7. The summed E-state index contributed by atoms with van der Waals surface area (Å²) in [5.74, 6) is 0. The van der Waals surface area contributed by atoms with E-state index in [1.807, 2.05) is 22.7 Å². The summed E-state index contributed by atoms with van der Waals surface area (Å²) in [6, 6.07) is 111. The number of aromatic nitrogens is 1. The van der Waals surface area contributed by atoms with Gasteiger partial charge in [-0.25, -0.2) is 0 Å². The van der Waals surface area contributed by atoms with Crippen LogP contribution in [0.1, 0.15) is 0 Å². The monoisotopic (exact) mass is 1110 g/mol. The average Bonchev–Trinajstić information content (AvgIpc) is 2.85. The lowest BCUT2D eigenvalue weighted by molar-refractivity contribution is 1.18. The van der Waals surface area contributed by atoms with E-state index >= 15 is 0 Å². The van der Waals surface area contributed by atoms with Crippen LogP contribution in [0.2, 0.25) is 0 Å². The van der Waals surface area contributed by atoms with Crippen LogP contribution in [0.15, 0.2) is 297 Å². The molecule has 15 aromatic carbocycles. The summed E-state index contributed by atoms with van der Waals surface area (Å²) in [5.41, 5.74) is 18.5. The molecule has 0 amide bonds. The van der Waals surface area contributed by atoms with Gasteiger partial charge < -0.3 is 4.57 Å². The molecule has 3 heteroatoms. The van der Waals surface area contributed by atoms with Gasteiger partial charge in [-0.2, -0.15) is 0 Å². The predicted octanol–water partition coefficient (Wildman–Crippen LogP) is 24.1. The molecule has 0 unspecified atom stereocenters. The van der Waals surface area contributed by atoms with E-state index in [4.69, 9.17) is 0 Å². The van der Waals surface area contributed by atoms with Crippen LogP contribution in [-0.2, 0) is 0 Å². The van der Waals surface area contributed by atoms with Crippen molar-refractivity contribution in [1.29, 1.82) is 0 Å². The Morgan fingerprint density at radius 1 is 0.200 bits per heavy atom. The summed E-state index contributed by atoms with van der Waals surface area (Å²) >= 11 is 3.85. The first-order valence-electron chi connectivity index (χ1n) is 29.2. The molecule has 0 fully saturated rings. The van der Waals surface area contributed by atoms with Crippen molar-refractivity contribution in [2.45, 2.75) is 0 Å². The summed E-state index contributed by atoms with van der Waals surface area (Å²) in [6.07, 6.45) is 0. The minimum Gasteiger partial charge on any atom is -0.309 e.